The molecule has 1 aliphatic heterocycles. The molecule has 0 aliphatic carbocycles. The molecule has 4 aromatic rings. The average Bonchev–Trinajstić information content (AvgIpc) is 3.46. The van der Waals surface area contributed by atoms with Gasteiger partial charge in [0.15, 0.2) is 0 Å². The van der Waals surface area contributed by atoms with Crippen LogP contribution < -0.4 is 10.6 Å². The number of rotatable bonds is 5. The van der Waals surface area contributed by atoms with Crippen LogP contribution in [0.5, 0.6) is 0 Å². The van der Waals surface area contributed by atoms with Gasteiger partial charge in [0.05, 0.1) is 28.2 Å². The molecule has 1 aromatic heterocycles. The molecular weight excluding hydrogens is 406 g/mol. The average molecular weight is 423 g/mol. The molecule has 0 spiro atoms. The van der Waals surface area contributed by atoms with Crippen molar-refractivity contribution >= 4 is 34.2 Å². The lowest BCUT2D eigenvalue weighted by molar-refractivity contribution is -0.384. The van der Waals surface area contributed by atoms with Gasteiger partial charge in [-0.2, -0.15) is 0 Å². The van der Waals surface area contributed by atoms with E-state index in [0.717, 1.165) is 22.5 Å². The zero-order valence-electron chi connectivity index (χ0n) is 16.7. The maximum atomic E-state index is 12.9. The van der Waals surface area contributed by atoms with Crippen LogP contribution in [0.15, 0.2) is 85.3 Å². The Bertz CT molecular complexity index is 1340. The number of aromatic nitrogens is 2. The third-order valence-electron chi connectivity index (χ3n) is 5.22. The Morgan fingerprint density at radius 1 is 1.00 bits per heavy atom. The summed E-state index contributed by atoms with van der Waals surface area (Å²) in [7, 11) is 0. The minimum absolute atomic E-state index is 0.0754. The summed E-state index contributed by atoms with van der Waals surface area (Å²) in [5.41, 5.74) is 5.20. The molecule has 8 heteroatoms. The Morgan fingerprint density at radius 3 is 2.47 bits per heavy atom. The first-order valence-corrected chi connectivity index (χ1v) is 9.86. The van der Waals surface area contributed by atoms with Gasteiger partial charge in [0.1, 0.15) is 0 Å². The van der Waals surface area contributed by atoms with Crippen LogP contribution in [0.25, 0.3) is 22.5 Å². The van der Waals surface area contributed by atoms with Gasteiger partial charge in [0, 0.05) is 40.8 Å². The first-order chi connectivity index (χ1) is 15.6. The molecule has 8 nitrogen and oxygen atoms in total. The Labute approximate surface area is 182 Å². The highest BCUT2D eigenvalue weighted by Crippen LogP contribution is 2.39. The van der Waals surface area contributed by atoms with E-state index in [0.29, 0.717) is 22.5 Å². The van der Waals surface area contributed by atoms with E-state index in [4.69, 9.17) is 0 Å². The van der Waals surface area contributed by atoms with Gasteiger partial charge in [0.2, 0.25) is 0 Å². The molecule has 0 radical (unpaired) electrons. The number of H-pyrrole nitrogens is 1. The highest BCUT2D eigenvalue weighted by molar-refractivity contribution is 6.37. The third kappa shape index (κ3) is 3.50. The van der Waals surface area contributed by atoms with Gasteiger partial charge >= 0.3 is 0 Å². The van der Waals surface area contributed by atoms with Crippen molar-refractivity contribution in [2.45, 2.75) is 0 Å². The fourth-order valence-corrected chi connectivity index (χ4v) is 3.69. The maximum absolute atomic E-state index is 12.9. The minimum atomic E-state index is -0.468. The van der Waals surface area contributed by atoms with Crippen LogP contribution in [0.4, 0.5) is 17.1 Å². The zero-order valence-corrected chi connectivity index (χ0v) is 16.7. The maximum Gasteiger partial charge on any atom is 0.270 e. The fraction of sp³-hybridized carbons (Fsp3) is 0. The molecule has 3 aromatic carbocycles. The van der Waals surface area contributed by atoms with Gasteiger partial charge in [0.25, 0.3) is 11.6 Å². The second-order valence-corrected chi connectivity index (χ2v) is 7.21. The Balaban J connectivity index is 1.62. The van der Waals surface area contributed by atoms with Crippen molar-refractivity contribution in [1.29, 1.82) is 0 Å². The number of nitro benzene ring substituents is 1. The standard InChI is InChI=1S/C24H17N5O3/c30-24-22(19-12-18(29(31)32)10-11-20(19)28-24)23(16-4-2-1-3-5-16)27-17-8-6-15(7-9-17)21-13-25-14-26-21/h1-14,27H,(H,25,26)(H,28,30). The summed E-state index contributed by atoms with van der Waals surface area (Å²) in [6.45, 7) is 0. The van der Waals surface area contributed by atoms with Crippen molar-refractivity contribution in [2.75, 3.05) is 10.6 Å². The number of amides is 1. The Hall–Kier alpha value is -4.72. The van der Waals surface area contributed by atoms with E-state index in [1.54, 1.807) is 12.4 Å². The molecule has 0 saturated heterocycles. The lowest BCUT2D eigenvalue weighted by Crippen LogP contribution is -2.10. The number of nitrogens with zero attached hydrogens (tertiary/aromatic N) is 2. The van der Waals surface area contributed by atoms with Gasteiger partial charge in [-0.3, -0.25) is 14.9 Å². The number of carbonyl (C=O) groups is 1. The molecule has 0 fully saturated rings. The van der Waals surface area contributed by atoms with Gasteiger partial charge in [-0.25, -0.2) is 4.98 Å². The molecule has 1 amide bonds. The summed E-state index contributed by atoms with van der Waals surface area (Å²) in [6.07, 6.45) is 3.43. The topological polar surface area (TPSA) is 113 Å². The normalized spacial score (nSPS) is 13.9. The molecule has 0 saturated carbocycles. The lowest BCUT2D eigenvalue weighted by atomic mass is 9.99. The highest BCUT2D eigenvalue weighted by atomic mass is 16.6. The van der Waals surface area contributed by atoms with Crippen LogP contribution in [0, 0.1) is 10.1 Å². The molecule has 1 aliphatic rings. The number of nitro groups is 1. The number of nitrogens with one attached hydrogen (secondary N) is 3. The number of imidazole rings is 1. The third-order valence-corrected chi connectivity index (χ3v) is 5.22. The fourth-order valence-electron chi connectivity index (χ4n) is 3.69. The summed E-state index contributed by atoms with van der Waals surface area (Å²) in [5, 5.41) is 17.5. The van der Waals surface area contributed by atoms with Crippen molar-refractivity contribution < 1.29 is 9.72 Å². The smallest absolute Gasteiger partial charge is 0.270 e. The quantitative estimate of drug-likeness (QED) is 0.240. The van der Waals surface area contributed by atoms with Gasteiger partial charge in [-0.1, -0.05) is 42.5 Å². The summed E-state index contributed by atoms with van der Waals surface area (Å²) in [5.74, 6) is -0.319. The predicted octanol–water partition coefficient (Wildman–Crippen LogP) is 4.92. The molecular formula is C24H17N5O3. The van der Waals surface area contributed by atoms with E-state index in [9.17, 15) is 14.9 Å². The molecule has 0 atom stereocenters. The number of non-ortho nitro benzene ring substituents is 1. The van der Waals surface area contributed by atoms with Crippen molar-refractivity contribution in [3.05, 3.63) is 107 Å². The number of fused-ring (bicyclic) bond motifs is 1. The Kier molecular flexibility index (Phi) is 4.72. The SMILES string of the molecule is O=C1Nc2ccc([N+](=O)[O-])cc2C1=C(Nc1ccc(-c2c[nH]cn2)cc1)c1ccccc1. The van der Waals surface area contributed by atoms with E-state index in [-0.39, 0.29) is 11.6 Å². The number of hydrogen-bond donors (Lipinski definition) is 3. The number of benzene rings is 3. The summed E-state index contributed by atoms with van der Waals surface area (Å²) >= 11 is 0. The Morgan fingerprint density at radius 2 is 1.78 bits per heavy atom. The van der Waals surface area contributed by atoms with E-state index < -0.39 is 4.92 Å². The van der Waals surface area contributed by atoms with Crippen LogP contribution >= 0.6 is 0 Å². The minimum Gasteiger partial charge on any atom is -0.354 e. The zero-order chi connectivity index (χ0) is 22.1. The van der Waals surface area contributed by atoms with E-state index >= 15 is 0 Å². The molecule has 5 rings (SSSR count). The first kappa shape index (κ1) is 19.3. The van der Waals surface area contributed by atoms with Crippen molar-refractivity contribution in [1.82, 2.24) is 9.97 Å². The van der Waals surface area contributed by atoms with Crippen molar-refractivity contribution in [3.63, 3.8) is 0 Å². The number of carbonyl (C=O) groups excluding carboxylic acids is 1. The monoisotopic (exact) mass is 423 g/mol. The van der Waals surface area contributed by atoms with Crippen LogP contribution in [0.1, 0.15) is 11.1 Å². The number of anilines is 2. The molecule has 0 unspecified atom stereocenters. The first-order valence-electron chi connectivity index (χ1n) is 9.86. The van der Waals surface area contributed by atoms with Crippen LogP contribution in [-0.4, -0.2) is 20.8 Å². The number of aromatic amines is 1. The van der Waals surface area contributed by atoms with Crippen LogP contribution in [0.3, 0.4) is 0 Å². The molecule has 32 heavy (non-hydrogen) atoms. The molecule has 0 bridgehead atoms. The lowest BCUT2D eigenvalue weighted by Gasteiger charge is -2.15. The van der Waals surface area contributed by atoms with Gasteiger partial charge in [-0.15, -0.1) is 0 Å². The van der Waals surface area contributed by atoms with E-state index in [1.807, 2.05) is 60.8 Å². The largest absolute Gasteiger partial charge is 0.354 e. The summed E-state index contributed by atoms with van der Waals surface area (Å²) in [6, 6.07) is 21.4. The number of hydrogen-bond acceptors (Lipinski definition) is 5. The predicted molar refractivity (Wildman–Crippen MR) is 123 cm³/mol. The molecule has 156 valence electrons. The summed E-state index contributed by atoms with van der Waals surface area (Å²) in [4.78, 5) is 31.0. The van der Waals surface area contributed by atoms with Crippen LogP contribution in [0.2, 0.25) is 0 Å². The van der Waals surface area contributed by atoms with E-state index in [2.05, 4.69) is 20.6 Å². The van der Waals surface area contributed by atoms with Crippen molar-refractivity contribution in [2.24, 2.45) is 0 Å². The second-order valence-electron chi connectivity index (χ2n) is 7.21. The van der Waals surface area contributed by atoms with E-state index in [1.165, 1.54) is 12.1 Å². The van der Waals surface area contributed by atoms with Crippen LogP contribution in [-0.2, 0) is 4.79 Å². The van der Waals surface area contributed by atoms with Gasteiger partial charge in [-0.05, 0) is 23.8 Å². The van der Waals surface area contributed by atoms with Crippen molar-refractivity contribution in [3.8, 4) is 11.3 Å². The van der Waals surface area contributed by atoms with Gasteiger partial charge < -0.3 is 15.6 Å². The summed E-state index contributed by atoms with van der Waals surface area (Å²) < 4.78 is 0. The molecule has 3 N–H and O–H groups in total. The molecule has 2 heterocycles. The highest BCUT2D eigenvalue weighted by Gasteiger charge is 2.30. The second kappa shape index (κ2) is 7.84.